The second-order valence-electron chi connectivity index (χ2n) is 4.85. The summed E-state index contributed by atoms with van der Waals surface area (Å²) < 4.78 is 5.02. The minimum absolute atomic E-state index is 0.0461. The van der Waals surface area contributed by atoms with Crippen LogP contribution in [0, 0.1) is 10.1 Å². The lowest BCUT2D eigenvalue weighted by atomic mass is 10.1. The Labute approximate surface area is 132 Å². The summed E-state index contributed by atoms with van der Waals surface area (Å²) in [4.78, 5) is 19.1. The van der Waals surface area contributed by atoms with E-state index in [4.69, 9.17) is 4.74 Å². The summed E-state index contributed by atoms with van der Waals surface area (Å²) in [5.74, 6) is 0.552. The third-order valence-electron chi connectivity index (χ3n) is 3.43. The second-order valence-corrected chi connectivity index (χ2v) is 4.85. The SMILES string of the molecule is COc1ccc(CNc2ccc([N+](=O)[O-])c3cccnc23)cn1. The zero-order valence-electron chi connectivity index (χ0n) is 12.4. The van der Waals surface area contributed by atoms with Gasteiger partial charge in [-0.1, -0.05) is 6.07 Å². The Bertz CT molecular complexity index is 850. The lowest BCUT2D eigenvalue weighted by Gasteiger charge is -2.09. The van der Waals surface area contributed by atoms with Gasteiger partial charge in [-0.05, 0) is 23.8 Å². The summed E-state index contributed by atoms with van der Waals surface area (Å²) in [6, 6.07) is 10.2. The average Bonchev–Trinajstić information content (AvgIpc) is 2.59. The fraction of sp³-hybridized carbons (Fsp3) is 0.125. The third-order valence-corrected chi connectivity index (χ3v) is 3.43. The first kappa shape index (κ1) is 14.7. The Kier molecular flexibility index (Phi) is 4.01. The number of nitrogens with one attached hydrogen (secondary N) is 1. The van der Waals surface area contributed by atoms with Gasteiger partial charge >= 0.3 is 0 Å². The number of pyridine rings is 2. The molecule has 0 saturated carbocycles. The maximum absolute atomic E-state index is 11.1. The second kappa shape index (κ2) is 6.27. The Morgan fingerprint density at radius 2 is 2.09 bits per heavy atom. The number of nitrogens with zero attached hydrogens (tertiary/aromatic N) is 3. The zero-order valence-corrected chi connectivity index (χ0v) is 12.4. The van der Waals surface area contributed by atoms with Crippen molar-refractivity contribution in [1.82, 2.24) is 9.97 Å². The number of aromatic nitrogens is 2. The molecule has 3 rings (SSSR count). The molecule has 1 N–H and O–H groups in total. The molecule has 7 nitrogen and oxygen atoms in total. The van der Waals surface area contributed by atoms with Crippen molar-refractivity contribution in [2.75, 3.05) is 12.4 Å². The van der Waals surface area contributed by atoms with E-state index in [0.717, 1.165) is 11.3 Å². The number of benzene rings is 1. The molecule has 0 unspecified atom stereocenters. The number of ether oxygens (including phenoxy) is 1. The summed E-state index contributed by atoms with van der Waals surface area (Å²) in [7, 11) is 1.56. The first-order chi connectivity index (χ1) is 11.2. The van der Waals surface area contributed by atoms with Gasteiger partial charge in [0, 0.05) is 31.1 Å². The molecule has 0 radical (unpaired) electrons. The molecule has 0 atom stereocenters. The number of non-ortho nitro benzene ring substituents is 1. The van der Waals surface area contributed by atoms with Crippen LogP contribution in [0.25, 0.3) is 10.9 Å². The molecule has 0 aliphatic heterocycles. The Morgan fingerprint density at radius 3 is 2.78 bits per heavy atom. The minimum Gasteiger partial charge on any atom is -0.481 e. The van der Waals surface area contributed by atoms with Gasteiger partial charge in [0.1, 0.15) is 5.52 Å². The topological polar surface area (TPSA) is 90.2 Å². The molecule has 0 spiro atoms. The maximum Gasteiger partial charge on any atom is 0.278 e. The van der Waals surface area contributed by atoms with Gasteiger partial charge in [0.05, 0.1) is 23.1 Å². The van der Waals surface area contributed by atoms with E-state index in [1.54, 1.807) is 43.8 Å². The quantitative estimate of drug-likeness (QED) is 0.575. The van der Waals surface area contributed by atoms with E-state index in [0.29, 0.717) is 23.3 Å². The lowest BCUT2D eigenvalue weighted by molar-refractivity contribution is -0.383. The van der Waals surface area contributed by atoms with Gasteiger partial charge in [-0.15, -0.1) is 0 Å². The summed E-state index contributed by atoms with van der Waals surface area (Å²) in [5, 5.41) is 14.9. The van der Waals surface area contributed by atoms with Crippen LogP contribution in [0.2, 0.25) is 0 Å². The van der Waals surface area contributed by atoms with E-state index < -0.39 is 4.92 Å². The van der Waals surface area contributed by atoms with Gasteiger partial charge in [0.2, 0.25) is 5.88 Å². The van der Waals surface area contributed by atoms with Crippen molar-refractivity contribution in [3.05, 3.63) is 64.5 Å². The molecule has 0 bridgehead atoms. The number of nitro benzene ring substituents is 1. The molecule has 7 heteroatoms. The van der Waals surface area contributed by atoms with Crippen LogP contribution in [0.15, 0.2) is 48.8 Å². The van der Waals surface area contributed by atoms with E-state index in [9.17, 15) is 10.1 Å². The van der Waals surface area contributed by atoms with E-state index in [1.807, 2.05) is 6.07 Å². The monoisotopic (exact) mass is 310 g/mol. The maximum atomic E-state index is 11.1. The summed E-state index contributed by atoms with van der Waals surface area (Å²) in [6.45, 7) is 0.528. The van der Waals surface area contributed by atoms with Crippen LogP contribution in [0.1, 0.15) is 5.56 Å². The number of hydrogen-bond acceptors (Lipinski definition) is 6. The number of hydrogen-bond donors (Lipinski definition) is 1. The molecule has 0 saturated heterocycles. The van der Waals surface area contributed by atoms with E-state index in [1.165, 1.54) is 6.07 Å². The highest BCUT2D eigenvalue weighted by Gasteiger charge is 2.14. The van der Waals surface area contributed by atoms with Crippen LogP contribution in [0.3, 0.4) is 0 Å². The van der Waals surface area contributed by atoms with Crippen molar-refractivity contribution < 1.29 is 9.66 Å². The highest BCUT2D eigenvalue weighted by Crippen LogP contribution is 2.29. The molecule has 2 heterocycles. The van der Waals surface area contributed by atoms with Crippen molar-refractivity contribution >= 4 is 22.3 Å². The molecular formula is C16H14N4O3. The van der Waals surface area contributed by atoms with Gasteiger partial charge in [0.15, 0.2) is 0 Å². The fourth-order valence-corrected chi connectivity index (χ4v) is 2.29. The van der Waals surface area contributed by atoms with Gasteiger partial charge in [-0.3, -0.25) is 15.1 Å². The predicted octanol–water partition coefficient (Wildman–Crippen LogP) is 3.16. The molecule has 0 fully saturated rings. The predicted molar refractivity (Wildman–Crippen MR) is 86.5 cm³/mol. The van der Waals surface area contributed by atoms with Crippen molar-refractivity contribution in [2.45, 2.75) is 6.54 Å². The average molecular weight is 310 g/mol. The smallest absolute Gasteiger partial charge is 0.278 e. The molecule has 3 aromatic rings. The van der Waals surface area contributed by atoms with Crippen LogP contribution >= 0.6 is 0 Å². The van der Waals surface area contributed by atoms with E-state index >= 15 is 0 Å². The zero-order chi connectivity index (χ0) is 16.2. The van der Waals surface area contributed by atoms with Gasteiger partial charge in [-0.25, -0.2) is 4.98 Å². The number of methoxy groups -OCH3 is 1. The number of nitro groups is 1. The molecule has 0 amide bonds. The molecule has 116 valence electrons. The van der Waals surface area contributed by atoms with Crippen LogP contribution < -0.4 is 10.1 Å². The van der Waals surface area contributed by atoms with Crippen molar-refractivity contribution in [3.8, 4) is 5.88 Å². The largest absolute Gasteiger partial charge is 0.481 e. The molecule has 0 aliphatic carbocycles. The van der Waals surface area contributed by atoms with Gasteiger partial charge < -0.3 is 10.1 Å². The lowest BCUT2D eigenvalue weighted by Crippen LogP contribution is -2.02. The van der Waals surface area contributed by atoms with E-state index in [-0.39, 0.29) is 5.69 Å². The fourth-order valence-electron chi connectivity index (χ4n) is 2.29. The number of anilines is 1. The number of rotatable bonds is 5. The highest BCUT2D eigenvalue weighted by atomic mass is 16.6. The molecular weight excluding hydrogens is 296 g/mol. The summed E-state index contributed by atoms with van der Waals surface area (Å²) in [5.41, 5.74) is 2.32. The standard InChI is InChI=1S/C16H14N4O3/c1-23-15-7-4-11(10-19-15)9-18-13-5-6-14(20(21)22)12-3-2-8-17-16(12)13/h2-8,10,18H,9H2,1H3. The van der Waals surface area contributed by atoms with Crippen molar-refractivity contribution in [1.29, 1.82) is 0 Å². The molecule has 0 aliphatic rings. The highest BCUT2D eigenvalue weighted by molar-refractivity contribution is 5.96. The van der Waals surface area contributed by atoms with Gasteiger partial charge in [-0.2, -0.15) is 0 Å². The van der Waals surface area contributed by atoms with Crippen LogP contribution in [0.4, 0.5) is 11.4 Å². The first-order valence-electron chi connectivity index (χ1n) is 6.94. The summed E-state index contributed by atoms with van der Waals surface area (Å²) in [6.07, 6.45) is 3.33. The van der Waals surface area contributed by atoms with Crippen LogP contribution in [-0.2, 0) is 6.54 Å². The van der Waals surface area contributed by atoms with Crippen molar-refractivity contribution in [3.63, 3.8) is 0 Å². The van der Waals surface area contributed by atoms with E-state index in [2.05, 4.69) is 15.3 Å². The van der Waals surface area contributed by atoms with Gasteiger partial charge in [0.25, 0.3) is 5.69 Å². The minimum atomic E-state index is -0.402. The Morgan fingerprint density at radius 1 is 1.22 bits per heavy atom. The normalized spacial score (nSPS) is 10.5. The number of fused-ring (bicyclic) bond motifs is 1. The van der Waals surface area contributed by atoms with Crippen molar-refractivity contribution in [2.24, 2.45) is 0 Å². The third kappa shape index (κ3) is 3.03. The van der Waals surface area contributed by atoms with Crippen LogP contribution in [0.5, 0.6) is 5.88 Å². The molecule has 23 heavy (non-hydrogen) atoms. The van der Waals surface area contributed by atoms with Crippen LogP contribution in [-0.4, -0.2) is 22.0 Å². The Balaban J connectivity index is 1.88. The molecule has 2 aromatic heterocycles. The Hall–Kier alpha value is -3.22. The molecule has 1 aromatic carbocycles. The summed E-state index contributed by atoms with van der Waals surface area (Å²) >= 11 is 0. The first-order valence-corrected chi connectivity index (χ1v) is 6.94.